The van der Waals surface area contributed by atoms with Crippen molar-refractivity contribution in [3.63, 3.8) is 0 Å². The molecule has 31 heavy (non-hydrogen) atoms. The van der Waals surface area contributed by atoms with Gasteiger partial charge in [-0.05, 0) is 54.8 Å². The molecule has 8 heteroatoms. The van der Waals surface area contributed by atoms with E-state index in [1.165, 1.54) is 26.0 Å². The molecular weight excluding hydrogens is 403 g/mol. The number of carbonyl (C=O) groups is 4. The van der Waals surface area contributed by atoms with Crippen molar-refractivity contribution in [1.82, 2.24) is 0 Å². The first kappa shape index (κ1) is 20.7. The largest absolute Gasteiger partial charge is 0.454 e. The molecule has 0 unspecified atom stereocenters. The lowest BCUT2D eigenvalue weighted by Crippen LogP contribution is -2.32. The van der Waals surface area contributed by atoms with Gasteiger partial charge in [0.25, 0.3) is 0 Å². The smallest absolute Gasteiger partial charge is 0.314 e. The topological polar surface area (TPSA) is 92.8 Å². The first-order chi connectivity index (χ1) is 14.7. The van der Waals surface area contributed by atoms with Crippen LogP contribution in [0, 0.1) is 5.82 Å². The first-order valence-electron chi connectivity index (χ1n) is 9.99. The summed E-state index contributed by atoms with van der Waals surface area (Å²) in [6, 6.07) is 8.84. The molecule has 0 radical (unpaired) electrons. The molecule has 0 fully saturated rings. The Bertz CT molecular complexity index is 1110. The number of Topliss-reactive ketones (excluding diaryl/α,β-unsaturated/α-hetero) is 1. The lowest BCUT2D eigenvalue weighted by molar-refractivity contribution is -0.149. The molecule has 2 aliphatic rings. The molecule has 0 aliphatic carbocycles. The van der Waals surface area contributed by atoms with Crippen molar-refractivity contribution in [2.75, 3.05) is 16.8 Å². The molecule has 2 amide bonds. The number of nitrogens with zero attached hydrogens (tertiary/aromatic N) is 1. The monoisotopic (exact) mass is 424 g/mol. The Morgan fingerprint density at radius 3 is 2.71 bits per heavy atom. The lowest BCUT2D eigenvalue weighted by atomic mass is 9.90. The molecule has 0 spiro atoms. The average molecular weight is 424 g/mol. The first-order valence-corrected chi connectivity index (χ1v) is 9.99. The number of amides is 2. The van der Waals surface area contributed by atoms with E-state index in [0.29, 0.717) is 24.1 Å². The fourth-order valence-corrected chi connectivity index (χ4v) is 4.07. The number of benzene rings is 2. The van der Waals surface area contributed by atoms with E-state index in [9.17, 15) is 23.6 Å². The van der Waals surface area contributed by atoms with E-state index < -0.39 is 29.7 Å². The molecule has 7 nitrogen and oxygen atoms in total. The lowest BCUT2D eigenvalue weighted by Gasteiger charge is -2.25. The van der Waals surface area contributed by atoms with Crippen LogP contribution in [0.3, 0.4) is 0 Å². The Morgan fingerprint density at radius 1 is 1.19 bits per heavy atom. The van der Waals surface area contributed by atoms with E-state index in [-0.39, 0.29) is 23.8 Å². The molecule has 160 valence electrons. The Hall–Kier alpha value is -3.55. The third-order valence-corrected chi connectivity index (χ3v) is 5.64. The fourth-order valence-electron chi connectivity index (χ4n) is 4.07. The maximum absolute atomic E-state index is 13.5. The van der Waals surface area contributed by atoms with Crippen LogP contribution < -0.4 is 10.2 Å². The van der Waals surface area contributed by atoms with Crippen molar-refractivity contribution in [2.45, 2.75) is 38.7 Å². The van der Waals surface area contributed by atoms with Crippen LogP contribution in [0.4, 0.5) is 15.8 Å². The predicted molar refractivity (Wildman–Crippen MR) is 110 cm³/mol. The van der Waals surface area contributed by atoms with E-state index in [1.807, 2.05) is 0 Å². The van der Waals surface area contributed by atoms with Gasteiger partial charge in [-0.25, -0.2) is 4.39 Å². The van der Waals surface area contributed by atoms with E-state index in [0.717, 1.165) is 17.3 Å². The van der Waals surface area contributed by atoms with E-state index in [1.54, 1.807) is 23.1 Å². The number of hydrogen-bond acceptors (Lipinski definition) is 5. The number of carbonyl (C=O) groups excluding carboxylic acids is 4. The summed E-state index contributed by atoms with van der Waals surface area (Å²) in [5.74, 6) is -3.02. The summed E-state index contributed by atoms with van der Waals surface area (Å²) >= 11 is 0. The summed E-state index contributed by atoms with van der Waals surface area (Å²) in [7, 11) is 0. The molecule has 2 aromatic carbocycles. The highest BCUT2D eigenvalue weighted by Gasteiger charge is 2.34. The van der Waals surface area contributed by atoms with Crippen LogP contribution in [-0.2, 0) is 25.5 Å². The SMILES string of the molecule is CC(=O)N1CCc2cc(C(=O)[C@H](C)OC(=O)[C@H]3CC(=O)Nc4cc(F)ccc43)ccc21. The molecule has 4 rings (SSSR count). The van der Waals surface area contributed by atoms with Crippen LogP contribution in [0.1, 0.15) is 47.7 Å². The number of halogens is 1. The van der Waals surface area contributed by atoms with Crippen molar-refractivity contribution < 1.29 is 28.3 Å². The quantitative estimate of drug-likeness (QED) is 0.602. The number of rotatable bonds is 4. The third-order valence-electron chi connectivity index (χ3n) is 5.64. The molecular formula is C23H21FN2O5. The van der Waals surface area contributed by atoms with Crippen LogP contribution in [0.15, 0.2) is 36.4 Å². The number of fused-ring (bicyclic) bond motifs is 2. The van der Waals surface area contributed by atoms with Crippen LogP contribution >= 0.6 is 0 Å². The Kier molecular flexibility index (Phi) is 5.31. The molecule has 0 saturated carbocycles. The van der Waals surface area contributed by atoms with Crippen molar-refractivity contribution in [2.24, 2.45) is 0 Å². The highest BCUT2D eigenvalue weighted by Crippen LogP contribution is 2.34. The van der Waals surface area contributed by atoms with Crippen molar-refractivity contribution >= 4 is 34.9 Å². The zero-order valence-electron chi connectivity index (χ0n) is 17.1. The van der Waals surface area contributed by atoms with E-state index >= 15 is 0 Å². The number of ketones is 1. The Labute approximate surface area is 178 Å². The molecule has 2 aliphatic heterocycles. The zero-order valence-corrected chi connectivity index (χ0v) is 17.1. The number of nitrogens with one attached hydrogen (secondary N) is 1. The van der Waals surface area contributed by atoms with E-state index in [2.05, 4.69) is 5.32 Å². The van der Waals surface area contributed by atoms with Crippen LogP contribution in [-0.4, -0.2) is 36.2 Å². The molecule has 2 atom stereocenters. The third kappa shape index (κ3) is 3.93. The summed E-state index contributed by atoms with van der Waals surface area (Å²) < 4.78 is 18.9. The molecule has 0 aromatic heterocycles. The number of anilines is 2. The zero-order chi connectivity index (χ0) is 22.3. The number of esters is 1. The van der Waals surface area contributed by atoms with Gasteiger partial charge in [0.15, 0.2) is 6.10 Å². The standard InChI is InChI=1S/C23H21FN2O5/c1-12(22(29)15-3-6-20-14(9-15)7-8-26(20)13(2)27)31-23(30)18-11-21(28)25-19-10-16(24)4-5-17(18)19/h3-6,9-10,12,18H,7-8,11H2,1-2H3,(H,25,28)/t12-,18-/m0/s1. The number of ether oxygens (including phenoxy) is 1. The van der Waals surface area contributed by atoms with Gasteiger partial charge >= 0.3 is 5.97 Å². The summed E-state index contributed by atoms with van der Waals surface area (Å²) in [4.78, 5) is 50.9. The van der Waals surface area contributed by atoms with Crippen molar-refractivity contribution in [3.05, 3.63) is 58.9 Å². The average Bonchev–Trinajstić information content (AvgIpc) is 3.15. The normalized spacial score (nSPS) is 18.0. The van der Waals surface area contributed by atoms with Gasteiger partial charge in [-0.1, -0.05) is 6.07 Å². The van der Waals surface area contributed by atoms with E-state index in [4.69, 9.17) is 4.74 Å². The molecule has 1 N–H and O–H groups in total. The summed E-state index contributed by atoms with van der Waals surface area (Å²) in [6.07, 6.45) is -0.558. The van der Waals surface area contributed by atoms with Gasteiger partial charge in [-0.3, -0.25) is 19.2 Å². The highest BCUT2D eigenvalue weighted by molar-refractivity contribution is 6.03. The van der Waals surface area contributed by atoms with Gasteiger partial charge in [0.2, 0.25) is 17.6 Å². The van der Waals surface area contributed by atoms with Crippen molar-refractivity contribution in [3.8, 4) is 0 Å². The molecule has 2 heterocycles. The fraction of sp³-hybridized carbons (Fsp3) is 0.304. The molecule has 0 saturated heterocycles. The minimum atomic E-state index is -1.07. The molecule has 2 aromatic rings. The summed E-state index contributed by atoms with van der Waals surface area (Å²) in [5.41, 5.74) is 2.73. The summed E-state index contributed by atoms with van der Waals surface area (Å²) in [6.45, 7) is 3.54. The minimum Gasteiger partial charge on any atom is -0.454 e. The van der Waals surface area contributed by atoms with Gasteiger partial charge in [0.05, 0.1) is 5.92 Å². The van der Waals surface area contributed by atoms with Gasteiger partial charge in [-0.2, -0.15) is 0 Å². The number of hydrogen-bond donors (Lipinski definition) is 1. The predicted octanol–water partition coefficient (Wildman–Crippen LogP) is 2.98. The van der Waals surface area contributed by atoms with Crippen LogP contribution in [0.5, 0.6) is 0 Å². The Balaban J connectivity index is 1.49. The van der Waals surface area contributed by atoms with Crippen LogP contribution in [0.2, 0.25) is 0 Å². The maximum atomic E-state index is 13.5. The second-order valence-corrected chi connectivity index (χ2v) is 7.74. The van der Waals surface area contributed by atoms with Crippen LogP contribution in [0.25, 0.3) is 0 Å². The second kappa shape index (κ2) is 7.94. The van der Waals surface area contributed by atoms with Gasteiger partial charge in [0, 0.05) is 36.8 Å². The Morgan fingerprint density at radius 2 is 1.97 bits per heavy atom. The second-order valence-electron chi connectivity index (χ2n) is 7.74. The minimum absolute atomic E-state index is 0.0585. The van der Waals surface area contributed by atoms with Gasteiger partial charge < -0.3 is 15.0 Å². The van der Waals surface area contributed by atoms with Gasteiger partial charge in [-0.15, -0.1) is 0 Å². The molecule has 0 bridgehead atoms. The summed E-state index contributed by atoms with van der Waals surface area (Å²) in [5, 5.41) is 2.54. The van der Waals surface area contributed by atoms with Gasteiger partial charge in [0.1, 0.15) is 5.82 Å². The van der Waals surface area contributed by atoms with Crippen molar-refractivity contribution in [1.29, 1.82) is 0 Å². The highest BCUT2D eigenvalue weighted by atomic mass is 19.1. The maximum Gasteiger partial charge on any atom is 0.314 e.